The number of nitrogens with one attached hydrogen (secondary N) is 1. The molecule has 20 heavy (non-hydrogen) atoms. The van der Waals surface area contributed by atoms with E-state index in [0.29, 0.717) is 0 Å². The molecular weight excluding hydrogens is 281 g/mol. The Balaban J connectivity index is 2.15. The van der Waals surface area contributed by atoms with E-state index in [1.165, 1.54) is 36.7 Å². The number of rotatable bonds is 4. The molecule has 0 radical (unpaired) electrons. The van der Waals surface area contributed by atoms with Crippen LogP contribution in [0.3, 0.4) is 0 Å². The van der Waals surface area contributed by atoms with Gasteiger partial charge in [0.1, 0.15) is 10.7 Å². The van der Waals surface area contributed by atoms with Gasteiger partial charge in [-0.05, 0) is 24.3 Å². The number of nitrogens with zero attached hydrogens (tertiary/aromatic N) is 2. The number of nitriles is 1. The van der Waals surface area contributed by atoms with Crippen molar-refractivity contribution in [1.29, 1.82) is 5.26 Å². The zero-order valence-electron chi connectivity index (χ0n) is 10.2. The van der Waals surface area contributed by atoms with Crippen LogP contribution in [0.25, 0.3) is 0 Å². The van der Waals surface area contributed by atoms with Crippen molar-refractivity contribution in [3.8, 4) is 6.07 Å². The Morgan fingerprint density at radius 3 is 2.75 bits per heavy atom. The molecule has 0 saturated carbocycles. The molecule has 0 aliphatic heterocycles. The second-order valence-corrected chi connectivity index (χ2v) is 5.70. The van der Waals surface area contributed by atoms with Crippen molar-refractivity contribution in [2.75, 3.05) is 0 Å². The van der Waals surface area contributed by atoms with Crippen molar-refractivity contribution in [2.24, 2.45) is 0 Å². The minimum Gasteiger partial charge on any atom is -0.263 e. The largest absolute Gasteiger partial charge is 0.263 e. The molecule has 0 aliphatic rings. The normalized spacial score (nSPS) is 11.0. The molecule has 0 aliphatic carbocycles. The first-order valence-corrected chi connectivity index (χ1v) is 7.09. The highest BCUT2D eigenvalue weighted by Crippen LogP contribution is 2.12. The lowest BCUT2D eigenvalue weighted by Crippen LogP contribution is -2.23. The molecule has 1 N–H and O–H groups in total. The fourth-order valence-electron chi connectivity index (χ4n) is 1.52. The van der Waals surface area contributed by atoms with E-state index in [1.54, 1.807) is 6.07 Å². The molecule has 0 atom stereocenters. The zero-order valence-corrected chi connectivity index (χ0v) is 11.1. The monoisotopic (exact) mass is 291 g/mol. The molecule has 0 saturated heterocycles. The smallest absolute Gasteiger partial charge is 0.242 e. The van der Waals surface area contributed by atoms with Crippen molar-refractivity contribution < 1.29 is 12.8 Å². The molecule has 1 aromatic carbocycles. The van der Waals surface area contributed by atoms with Gasteiger partial charge in [0.15, 0.2) is 0 Å². The van der Waals surface area contributed by atoms with Gasteiger partial charge in [0.2, 0.25) is 10.0 Å². The summed E-state index contributed by atoms with van der Waals surface area (Å²) in [6, 6.07) is 8.56. The fourth-order valence-corrected chi connectivity index (χ4v) is 2.49. The first-order chi connectivity index (χ1) is 9.53. The quantitative estimate of drug-likeness (QED) is 0.927. The van der Waals surface area contributed by atoms with Gasteiger partial charge in [-0.15, -0.1) is 0 Å². The topological polar surface area (TPSA) is 82.9 Å². The highest BCUT2D eigenvalue weighted by atomic mass is 32.2. The van der Waals surface area contributed by atoms with Gasteiger partial charge >= 0.3 is 0 Å². The van der Waals surface area contributed by atoms with E-state index < -0.39 is 15.8 Å². The Bertz CT molecular complexity index is 755. The van der Waals surface area contributed by atoms with Crippen molar-refractivity contribution >= 4 is 10.0 Å². The highest BCUT2D eigenvalue weighted by Gasteiger charge is 2.14. The lowest BCUT2D eigenvalue weighted by Gasteiger charge is -2.07. The molecule has 0 amide bonds. The van der Waals surface area contributed by atoms with Gasteiger partial charge in [0.25, 0.3) is 0 Å². The summed E-state index contributed by atoms with van der Waals surface area (Å²) in [7, 11) is -3.74. The van der Waals surface area contributed by atoms with Crippen LogP contribution < -0.4 is 4.72 Å². The summed E-state index contributed by atoms with van der Waals surface area (Å²) in [6.45, 7) is -0.200. The van der Waals surface area contributed by atoms with Crippen molar-refractivity contribution in [3.63, 3.8) is 0 Å². The van der Waals surface area contributed by atoms with Gasteiger partial charge in [-0.1, -0.05) is 6.07 Å². The molecule has 102 valence electrons. The van der Waals surface area contributed by atoms with Gasteiger partial charge in [-0.2, -0.15) is 5.26 Å². The zero-order chi connectivity index (χ0) is 14.6. The van der Waals surface area contributed by atoms with Crippen LogP contribution in [-0.2, 0) is 16.6 Å². The lowest BCUT2D eigenvalue weighted by atomic mass is 10.1. The molecule has 0 fully saturated rings. The van der Waals surface area contributed by atoms with E-state index in [2.05, 4.69) is 9.71 Å². The lowest BCUT2D eigenvalue weighted by molar-refractivity contribution is 0.574. The number of sulfonamides is 1. The Morgan fingerprint density at radius 2 is 2.15 bits per heavy atom. The molecule has 2 rings (SSSR count). The molecule has 5 nitrogen and oxygen atoms in total. The number of hydrogen-bond donors (Lipinski definition) is 1. The SMILES string of the molecule is N#Cc1ccc(CNS(=O)(=O)c2cccnc2)c(F)c1. The minimum atomic E-state index is -3.74. The average Bonchev–Trinajstić information content (AvgIpc) is 2.47. The van der Waals surface area contributed by atoms with Gasteiger partial charge < -0.3 is 0 Å². The average molecular weight is 291 g/mol. The van der Waals surface area contributed by atoms with E-state index >= 15 is 0 Å². The summed E-state index contributed by atoms with van der Waals surface area (Å²) in [5, 5.41) is 8.63. The maximum atomic E-state index is 13.6. The number of aromatic nitrogens is 1. The summed E-state index contributed by atoms with van der Waals surface area (Å²) in [5.41, 5.74) is 0.345. The Labute approximate surface area is 115 Å². The standard InChI is InChI=1S/C13H10FN3O2S/c14-13-6-10(7-15)3-4-11(13)8-17-20(18,19)12-2-1-5-16-9-12/h1-6,9,17H,8H2. The third-order valence-electron chi connectivity index (χ3n) is 2.58. The van der Waals surface area contributed by atoms with Crippen LogP contribution in [0, 0.1) is 17.1 Å². The number of halogens is 1. The molecular formula is C13H10FN3O2S. The molecule has 2 aromatic rings. The van der Waals surface area contributed by atoms with E-state index in [9.17, 15) is 12.8 Å². The molecule has 0 spiro atoms. The maximum absolute atomic E-state index is 13.6. The molecule has 1 heterocycles. The maximum Gasteiger partial charge on any atom is 0.242 e. The molecule has 7 heteroatoms. The van der Waals surface area contributed by atoms with Crippen molar-refractivity contribution in [1.82, 2.24) is 9.71 Å². The van der Waals surface area contributed by atoms with Crippen molar-refractivity contribution in [3.05, 3.63) is 59.7 Å². The summed E-state index contributed by atoms with van der Waals surface area (Å²) >= 11 is 0. The predicted molar refractivity (Wildman–Crippen MR) is 69.4 cm³/mol. The number of hydrogen-bond acceptors (Lipinski definition) is 4. The number of benzene rings is 1. The third-order valence-corrected chi connectivity index (χ3v) is 3.97. The minimum absolute atomic E-state index is 0.00838. The summed E-state index contributed by atoms with van der Waals surface area (Å²) in [5.74, 6) is -0.627. The summed E-state index contributed by atoms with van der Waals surface area (Å²) < 4.78 is 39.7. The summed E-state index contributed by atoms with van der Waals surface area (Å²) in [4.78, 5) is 3.73. The fraction of sp³-hybridized carbons (Fsp3) is 0.0769. The molecule has 1 aromatic heterocycles. The molecule has 0 unspecified atom stereocenters. The van der Waals surface area contributed by atoms with Gasteiger partial charge in [-0.25, -0.2) is 17.5 Å². The van der Waals surface area contributed by atoms with Crippen LogP contribution >= 0.6 is 0 Å². The van der Waals surface area contributed by atoms with Crippen LogP contribution in [0.15, 0.2) is 47.6 Å². The van der Waals surface area contributed by atoms with Gasteiger partial charge in [0.05, 0.1) is 11.6 Å². The van der Waals surface area contributed by atoms with E-state index in [1.807, 2.05) is 0 Å². The van der Waals surface area contributed by atoms with Crippen LogP contribution in [0.5, 0.6) is 0 Å². The van der Waals surface area contributed by atoms with E-state index in [4.69, 9.17) is 5.26 Å². The van der Waals surface area contributed by atoms with Crippen LogP contribution in [0.4, 0.5) is 4.39 Å². The van der Waals surface area contributed by atoms with Crippen LogP contribution in [0.2, 0.25) is 0 Å². The first-order valence-electron chi connectivity index (χ1n) is 5.61. The summed E-state index contributed by atoms with van der Waals surface area (Å²) in [6.07, 6.45) is 2.66. The van der Waals surface area contributed by atoms with Crippen LogP contribution in [0.1, 0.15) is 11.1 Å². The van der Waals surface area contributed by atoms with Crippen molar-refractivity contribution in [2.45, 2.75) is 11.4 Å². The highest BCUT2D eigenvalue weighted by molar-refractivity contribution is 7.89. The second-order valence-electron chi connectivity index (χ2n) is 3.93. The van der Waals surface area contributed by atoms with Crippen LogP contribution in [-0.4, -0.2) is 13.4 Å². The predicted octanol–water partition coefficient (Wildman–Crippen LogP) is 1.57. The Morgan fingerprint density at radius 1 is 1.35 bits per heavy atom. The third kappa shape index (κ3) is 3.17. The number of pyridine rings is 1. The van der Waals surface area contributed by atoms with E-state index in [0.717, 1.165) is 6.07 Å². The first kappa shape index (κ1) is 14.1. The van der Waals surface area contributed by atoms with Gasteiger partial charge in [0, 0.05) is 24.5 Å². The van der Waals surface area contributed by atoms with Gasteiger partial charge in [-0.3, -0.25) is 4.98 Å². The Hall–Kier alpha value is -2.30. The Kier molecular flexibility index (Phi) is 4.08. The van der Waals surface area contributed by atoms with E-state index in [-0.39, 0.29) is 22.6 Å². The molecule has 0 bridgehead atoms. The second kappa shape index (κ2) is 5.77.